The van der Waals surface area contributed by atoms with Gasteiger partial charge in [0.05, 0.1) is 6.54 Å². The first-order valence-corrected chi connectivity index (χ1v) is 5.37. The molecule has 0 saturated carbocycles. The minimum atomic E-state index is -2.52. The zero-order valence-corrected chi connectivity index (χ0v) is 9.61. The monoisotopic (exact) mass is 205 g/mol. The standard InChI is InChI=1S/C11H21F2N/c1-5-14-7-6-9(10(2,3)4)11(12,13)8-14/h9H,5-8H2,1-4H3. The molecule has 1 atom stereocenters. The molecule has 14 heavy (non-hydrogen) atoms. The van der Waals surface area contributed by atoms with E-state index >= 15 is 0 Å². The van der Waals surface area contributed by atoms with Gasteiger partial charge in [-0.15, -0.1) is 0 Å². The van der Waals surface area contributed by atoms with Gasteiger partial charge in [0.15, 0.2) is 0 Å². The highest BCUT2D eigenvalue weighted by molar-refractivity contribution is 4.92. The summed E-state index contributed by atoms with van der Waals surface area (Å²) in [5.74, 6) is -3.00. The summed E-state index contributed by atoms with van der Waals surface area (Å²) >= 11 is 0. The number of halogens is 2. The van der Waals surface area contributed by atoms with Crippen molar-refractivity contribution in [1.82, 2.24) is 4.90 Å². The highest BCUT2D eigenvalue weighted by Crippen LogP contribution is 2.43. The molecule has 0 amide bonds. The van der Waals surface area contributed by atoms with Crippen LogP contribution in [0.1, 0.15) is 34.1 Å². The molecule has 3 heteroatoms. The van der Waals surface area contributed by atoms with Gasteiger partial charge < -0.3 is 0 Å². The molecule has 0 spiro atoms. The van der Waals surface area contributed by atoms with Crippen LogP contribution >= 0.6 is 0 Å². The Morgan fingerprint density at radius 2 is 1.93 bits per heavy atom. The quantitative estimate of drug-likeness (QED) is 0.636. The van der Waals surface area contributed by atoms with Crippen LogP contribution in [0.3, 0.4) is 0 Å². The predicted molar refractivity (Wildman–Crippen MR) is 54.6 cm³/mol. The Hall–Kier alpha value is -0.180. The molecule has 0 bridgehead atoms. The van der Waals surface area contributed by atoms with Crippen LogP contribution in [-0.4, -0.2) is 30.5 Å². The van der Waals surface area contributed by atoms with Crippen LogP contribution in [0.5, 0.6) is 0 Å². The Kier molecular flexibility index (Phi) is 3.20. The maximum Gasteiger partial charge on any atom is 0.263 e. The lowest BCUT2D eigenvalue weighted by molar-refractivity contribution is -0.142. The van der Waals surface area contributed by atoms with Gasteiger partial charge in [-0.3, -0.25) is 4.90 Å². The summed E-state index contributed by atoms with van der Waals surface area (Å²) < 4.78 is 27.5. The minimum absolute atomic E-state index is 0.0641. The van der Waals surface area contributed by atoms with E-state index in [1.165, 1.54) is 0 Å². The second-order valence-corrected chi connectivity index (χ2v) is 5.34. The molecule has 1 heterocycles. The smallest absolute Gasteiger partial charge is 0.263 e. The fourth-order valence-electron chi connectivity index (χ4n) is 2.35. The molecule has 1 rings (SSSR count). The molecule has 0 radical (unpaired) electrons. The summed E-state index contributed by atoms with van der Waals surface area (Å²) in [4.78, 5) is 1.84. The number of piperidine rings is 1. The summed E-state index contributed by atoms with van der Waals surface area (Å²) in [5, 5.41) is 0. The van der Waals surface area contributed by atoms with Crippen molar-refractivity contribution in [1.29, 1.82) is 0 Å². The number of nitrogens with zero attached hydrogens (tertiary/aromatic N) is 1. The van der Waals surface area contributed by atoms with Crippen LogP contribution in [0.2, 0.25) is 0 Å². The summed E-state index contributed by atoms with van der Waals surface area (Å²) in [6.45, 7) is 9.15. The molecular formula is C11H21F2N. The van der Waals surface area contributed by atoms with Crippen LogP contribution in [0.25, 0.3) is 0 Å². The van der Waals surface area contributed by atoms with E-state index in [2.05, 4.69) is 0 Å². The third-order valence-corrected chi connectivity index (χ3v) is 3.17. The summed E-state index contributed by atoms with van der Waals surface area (Å²) in [7, 11) is 0. The SMILES string of the molecule is CCN1CCC(C(C)(C)C)C(F)(F)C1. The largest absolute Gasteiger partial charge is 0.298 e. The van der Waals surface area contributed by atoms with Crippen molar-refractivity contribution in [2.75, 3.05) is 19.6 Å². The average molecular weight is 205 g/mol. The molecule has 1 nitrogen and oxygen atoms in total. The lowest BCUT2D eigenvalue weighted by atomic mass is 9.73. The molecule has 0 aromatic carbocycles. The molecule has 0 aromatic heterocycles. The van der Waals surface area contributed by atoms with Gasteiger partial charge >= 0.3 is 0 Å². The topological polar surface area (TPSA) is 3.24 Å². The Morgan fingerprint density at radius 1 is 1.36 bits per heavy atom. The first-order valence-electron chi connectivity index (χ1n) is 5.37. The zero-order valence-electron chi connectivity index (χ0n) is 9.61. The second-order valence-electron chi connectivity index (χ2n) is 5.34. The van der Waals surface area contributed by atoms with Crippen molar-refractivity contribution < 1.29 is 8.78 Å². The van der Waals surface area contributed by atoms with Crippen molar-refractivity contribution in [3.05, 3.63) is 0 Å². The predicted octanol–water partition coefficient (Wildman–Crippen LogP) is 3.01. The van der Waals surface area contributed by atoms with Crippen LogP contribution in [0.15, 0.2) is 0 Å². The van der Waals surface area contributed by atoms with Gasteiger partial charge in [-0.25, -0.2) is 8.78 Å². The lowest BCUT2D eigenvalue weighted by Crippen LogP contribution is -2.52. The first kappa shape index (κ1) is 11.9. The molecule has 1 aliphatic heterocycles. The van der Waals surface area contributed by atoms with Crippen LogP contribution in [0.4, 0.5) is 8.78 Å². The van der Waals surface area contributed by atoms with E-state index in [1.807, 2.05) is 32.6 Å². The van der Waals surface area contributed by atoms with Crippen LogP contribution in [-0.2, 0) is 0 Å². The Bertz CT molecular complexity index is 196. The van der Waals surface area contributed by atoms with E-state index in [0.717, 1.165) is 13.1 Å². The van der Waals surface area contributed by atoms with Gasteiger partial charge in [-0.2, -0.15) is 0 Å². The van der Waals surface area contributed by atoms with Crippen molar-refractivity contribution >= 4 is 0 Å². The molecule has 0 aromatic rings. The van der Waals surface area contributed by atoms with Crippen molar-refractivity contribution in [2.45, 2.75) is 40.0 Å². The highest BCUT2D eigenvalue weighted by atomic mass is 19.3. The van der Waals surface area contributed by atoms with Crippen molar-refractivity contribution in [3.8, 4) is 0 Å². The van der Waals surface area contributed by atoms with Gasteiger partial charge in [0.1, 0.15) is 0 Å². The Balaban J connectivity index is 2.73. The minimum Gasteiger partial charge on any atom is -0.298 e. The van der Waals surface area contributed by atoms with E-state index in [0.29, 0.717) is 6.42 Å². The normalized spacial score (nSPS) is 29.1. The van der Waals surface area contributed by atoms with Gasteiger partial charge in [0, 0.05) is 5.92 Å². The van der Waals surface area contributed by atoms with Crippen molar-refractivity contribution in [2.24, 2.45) is 11.3 Å². The van der Waals surface area contributed by atoms with E-state index in [4.69, 9.17) is 0 Å². The van der Waals surface area contributed by atoms with Crippen LogP contribution < -0.4 is 0 Å². The first-order chi connectivity index (χ1) is 6.27. The average Bonchev–Trinajstić information content (AvgIpc) is 1.99. The van der Waals surface area contributed by atoms with Crippen LogP contribution in [0, 0.1) is 11.3 Å². The van der Waals surface area contributed by atoms with Gasteiger partial charge in [0.2, 0.25) is 0 Å². The molecular weight excluding hydrogens is 184 g/mol. The fraction of sp³-hybridized carbons (Fsp3) is 1.00. The molecule has 1 fully saturated rings. The highest BCUT2D eigenvalue weighted by Gasteiger charge is 2.49. The van der Waals surface area contributed by atoms with Gasteiger partial charge in [-0.1, -0.05) is 27.7 Å². The molecule has 0 aliphatic carbocycles. The molecule has 1 saturated heterocycles. The number of rotatable bonds is 1. The molecule has 84 valence electrons. The summed E-state index contributed by atoms with van der Waals surface area (Å²) in [5.41, 5.74) is -0.288. The second kappa shape index (κ2) is 3.76. The summed E-state index contributed by atoms with van der Waals surface area (Å²) in [6.07, 6.45) is 0.615. The number of likely N-dealkylation sites (tertiary alicyclic amines) is 1. The van der Waals surface area contributed by atoms with Crippen molar-refractivity contribution in [3.63, 3.8) is 0 Å². The number of hydrogen-bond donors (Lipinski definition) is 0. The third-order valence-electron chi connectivity index (χ3n) is 3.17. The molecule has 1 aliphatic rings. The van der Waals surface area contributed by atoms with E-state index in [9.17, 15) is 8.78 Å². The number of alkyl halides is 2. The fourth-order valence-corrected chi connectivity index (χ4v) is 2.35. The molecule has 0 N–H and O–H groups in total. The van der Waals surface area contributed by atoms with E-state index in [1.54, 1.807) is 0 Å². The van der Waals surface area contributed by atoms with E-state index in [-0.39, 0.29) is 12.0 Å². The Morgan fingerprint density at radius 3 is 2.29 bits per heavy atom. The zero-order chi connectivity index (χ0) is 11.0. The van der Waals surface area contributed by atoms with Gasteiger partial charge in [-0.05, 0) is 24.9 Å². The molecule has 1 unspecified atom stereocenters. The van der Waals surface area contributed by atoms with E-state index < -0.39 is 11.8 Å². The lowest BCUT2D eigenvalue weighted by Gasteiger charge is -2.44. The summed E-state index contributed by atoms with van der Waals surface area (Å²) in [6, 6.07) is 0. The maximum absolute atomic E-state index is 13.8. The van der Waals surface area contributed by atoms with Gasteiger partial charge in [0.25, 0.3) is 5.92 Å². The third kappa shape index (κ3) is 2.44. The Labute approximate surface area is 85.5 Å². The number of hydrogen-bond acceptors (Lipinski definition) is 1. The maximum atomic E-state index is 13.8.